The zero-order valence-electron chi connectivity index (χ0n) is 27.0. The van der Waals surface area contributed by atoms with Gasteiger partial charge in [-0.25, -0.2) is 49.2 Å². The van der Waals surface area contributed by atoms with E-state index in [1.165, 1.54) is 0 Å². The molecule has 46 heavy (non-hydrogen) atoms. The molecule has 16 nitrogen and oxygen atoms in total. The second-order valence-electron chi connectivity index (χ2n) is 7.97. The van der Waals surface area contributed by atoms with Crippen LogP contribution in [0.1, 0.15) is 6.42 Å². The van der Waals surface area contributed by atoms with Crippen molar-refractivity contribution in [1.82, 2.24) is 0 Å². The summed E-state index contributed by atoms with van der Waals surface area (Å²) in [4.78, 5) is 3.08. The topological polar surface area (TPSA) is 212 Å². The van der Waals surface area contributed by atoms with E-state index in [9.17, 15) is 5.11 Å². The standard InChI is InChI=1S/C10H18NO5.C7H12NO3.2C5H10O3.3Rf/c1-14-5-9(12)7-16-8-10(13)6-15-4-2-3-11;1-8-3-4-11-6-7(9)5-10-2;2*1-7-3-5(6)4-8-2;;;/h9-10,12-13H,1-2,4-8H2;7,9H,2-6H2;2*5-6H,1-4H2;;;/q2*-1;2*-2;;;. The average Bonchev–Trinajstić information content (AvgIpc) is 2.95. The summed E-state index contributed by atoms with van der Waals surface area (Å²) in [5.41, 5.74) is 0. The number of nitriles is 1. The van der Waals surface area contributed by atoms with E-state index >= 15 is 0 Å². The summed E-state index contributed by atoms with van der Waals surface area (Å²) in [6.45, 7) is 8.88. The van der Waals surface area contributed by atoms with Gasteiger partial charge < -0.3 is 73.0 Å². The Kier molecular flexibility index (Phi) is 62.2. The normalized spacial score (nSPS) is 11.6. The first kappa shape index (κ1) is 57.1. The van der Waals surface area contributed by atoms with Gasteiger partial charge in [0.05, 0.1) is 69.9 Å². The molecule has 0 aromatic carbocycles. The monoisotopic (exact) mass is 1430 g/mol. The van der Waals surface area contributed by atoms with Crippen molar-refractivity contribution in [3.63, 3.8) is 0 Å². The van der Waals surface area contributed by atoms with E-state index in [1.807, 2.05) is 6.07 Å². The third-order valence-electron chi connectivity index (χ3n) is 3.81. The fourth-order valence-corrected chi connectivity index (χ4v) is 2.06. The minimum Gasteiger partial charge on any atom is -0.553 e. The predicted octanol–water partition coefficient (Wildman–Crippen LogP) is -0.518. The van der Waals surface area contributed by atoms with E-state index in [1.54, 1.807) is 0 Å². The van der Waals surface area contributed by atoms with Gasteiger partial charge in [-0.3, -0.25) is 0 Å². The van der Waals surface area contributed by atoms with E-state index in [2.05, 4.69) is 75.9 Å². The molecule has 0 radical (unpaired) electrons. The Morgan fingerprint density at radius 2 is 0.761 bits per heavy atom. The molecule has 0 spiro atoms. The number of nitrogens with zero attached hydrogens (tertiary/aromatic N) is 2. The summed E-state index contributed by atoms with van der Waals surface area (Å²) in [7, 11) is 18.5. The number of aliphatic hydroxyl groups is 5. The maximum atomic E-state index is 9.33. The first-order valence-electron chi connectivity index (χ1n) is 12.7. The van der Waals surface area contributed by atoms with Gasteiger partial charge >= 0.3 is 0 Å². The van der Waals surface area contributed by atoms with Gasteiger partial charge in [-0.2, -0.15) is 5.26 Å². The molecule has 264 valence electrons. The second-order valence-corrected chi connectivity index (χ2v) is 7.97. The molecule has 3 atom stereocenters. The molecular weight excluding hydrogens is 1380 g/mol. The summed E-state index contributed by atoms with van der Waals surface area (Å²) in [5.74, 6) is 0. The molecule has 0 saturated carbocycles. The maximum absolute atomic E-state index is 9.33. The molecule has 0 aromatic rings. The Balaban J connectivity index is -0.0000000900. The van der Waals surface area contributed by atoms with Crippen LogP contribution >= 0.6 is 0 Å². The molecular formula is C27H50N2O14Rf3-6. The van der Waals surface area contributed by atoms with E-state index in [0.717, 1.165) is 0 Å². The molecule has 0 saturated heterocycles. The van der Waals surface area contributed by atoms with Gasteiger partial charge in [0.1, 0.15) is 12.7 Å². The zero-order valence-corrected chi connectivity index (χ0v) is 46.2. The summed E-state index contributed by atoms with van der Waals surface area (Å²) in [5, 5.41) is 53.1. The van der Waals surface area contributed by atoms with Crippen LogP contribution in [0.15, 0.2) is 0 Å². The number of aliphatic hydroxyl groups excluding tert-OH is 5. The Morgan fingerprint density at radius 1 is 0.500 bits per heavy atom. The average molecular weight is 1430 g/mol. The molecule has 0 heterocycles. The quantitative estimate of drug-likeness (QED) is 0.0609. The van der Waals surface area contributed by atoms with Crippen LogP contribution in [0, 0.1) is 60.6 Å². The fraction of sp³-hybridized carbons (Fsp3) is 0.704. The van der Waals surface area contributed by atoms with Crippen LogP contribution in [0.3, 0.4) is 0 Å². The fourth-order valence-electron chi connectivity index (χ4n) is 2.06. The molecule has 0 aliphatic carbocycles. The molecule has 0 bridgehead atoms. The van der Waals surface area contributed by atoms with Crippen molar-refractivity contribution >= 4 is 0 Å². The van der Waals surface area contributed by atoms with Crippen LogP contribution in [0.4, 0.5) is 0 Å². The molecule has 0 rings (SSSR count). The van der Waals surface area contributed by atoms with Gasteiger partial charge in [0, 0.05) is 39.6 Å². The Bertz CT molecular complexity index is 585. The minimum atomic E-state index is -0.758. The van der Waals surface area contributed by atoms with E-state index in [-0.39, 0.29) is 66.1 Å². The number of rotatable bonds is 24. The molecule has 5 N–H and O–H groups in total. The van der Waals surface area contributed by atoms with Crippen LogP contribution in [-0.2, 0) is 42.6 Å². The van der Waals surface area contributed by atoms with Crippen molar-refractivity contribution in [2.75, 3.05) is 85.8 Å². The van der Waals surface area contributed by atoms with Crippen molar-refractivity contribution in [1.29, 1.82) is 5.26 Å². The third-order valence-corrected chi connectivity index (χ3v) is 3.81. The van der Waals surface area contributed by atoms with Gasteiger partial charge in [-0.15, -0.1) is 0 Å². The summed E-state index contributed by atoms with van der Waals surface area (Å²) < 4.78 is 41.2. The second kappa shape index (κ2) is 50.1. The number of ether oxygens (including phenoxy) is 9. The zero-order chi connectivity index (χ0) is 33.6. The van der Waals surface area contributed by atoms with Crippen molar-refractivity contribution in [3.05, 3.63) is 54.1 Å². The number of hydrogen-bond acceptors (Lipinski definition) is 15. The SMILES string of the molecule is [C-]#[N+]CCOCC(O)CO[CH2-].[CH2-]OCC(O)COCC(O)COCCC#N.[CH2-]OCC(O)CO[CH2-].[CH2-]OCC(O)CO[CH2-].[Rf].[Rf].[Rf]. The molecule has 19 heteroatoms. The van der Waals surface area contributed by atoms with Crippen LogP contribution in [0.2, 0.25) is 0 Å². The Labute approximate surface area is 256 Å². The van der Waals surface area contributed by atoms with Gasteiger partial charge in [-0.05, 0) is 0 Å². The van der Waals surface area contributed by atoms with Gasteiger partial charge in [0.2, 0.25) is 6.54 Å². The van der Waals surface area contributed by atoms with Crippen molar-refractivity contribution < 1.29 is 68.2 Å². The van der Waals surface area contributed by atoms with Gasteiger partial charge in [-0.1, -0.05) is 0 Å². The maximum Gasteiger partial charge on any atom is 0.237 e. The van der Waals surface area contributed by atoms with Crippen molar-refractivity contribution in [2.45, 2.75) is 36.9 Å². The predicted molar refractivity (Wildman–Crippen MR) is 152 cm³/mol. The molecule has 0 aromatic heterocycles. The molecule has 0 amide bonds. The third kappa shape index (κ3) is 58.9. The molecule has 0 aliphatic heterocycles. The van der Waals surface area contributed by atoms with E-state index < -0.39 is 30.5 Å². The summed E-state index contributed by atoms with van der Waals surface area (Å²) in [6, 6.07) is 1.92. The molecule has 0 aliphatic rings. The van der Waals surface area contributed by atoms with E-state index in [0.29, 0.717) is 26.2 Å². The summed E-state index contributed by atoms with van der Waals surface area (Å²) in [6.07, 6.45) is -3.06. The van der Waals surface area contributed by atoms with Crippen LogP contribution in [0.25, 0.3) is 4.85 Å². The first-order chi connectivity index (χ1) is 20.6. The van der Waals surface area contributed by atoms with Gasteiger partial charge in [0.15, 0.2) is 0 Å². The van der Waals surface area contributed by atoms with Crippen LogP contribution in [0.5, 0.6) is 0 Å². The smallest absolute Gasteiger partial charge is 0.237 e. The van der Waals surface area contributed by atoms with Crippen molar-refractivity contribution in [3.8, 4) is 6.07 Å². The molecule has 3 unspecified atom stereocenters. The summed E-state index contributed by atoms with van der Waals surface area (Å²) >= 11 is 0. The molecule has 0 fully saturated rings. The van der Waals surface area contributed by atoms with Crippen LogP contribution < -0.4 is 0 Å². The van der Waals surface area contributed by atoms with Crippen molar-refractivity contribution in [2.24, 2.45) is 0 Å². The van der Waals surface area contributed by atoms with Crippen LogP contribution in [-0.4, -0.2) is 142 Å². The Morgan fingerprint density at radius 3 is 1.04 bits per heavy atom. The minimum absolute atomic E-state index is 0. The van der Waals surface area contributed by atoms with E-state index in [4.69, 9.17) is 46.5 Å². The largest absolute Gasteiger partial charge is 0.553 e. The first-order valence-corrected chi connectivity index (χ1v) is 12.7. The van der Waals surface area contributed by atoms with Gasteiger partial charge in [0.25, 0.3) is 0 Å². The Hall–Kier alpha value is -4.58. The number of hydrogen-bond donors (Lipinski definition) is 5.